The minimum absolute atomic E-state index is 0.0355. The lowest BCUT2D eigenvalue weighted by molar-refractivity contribution is -0.387. The van der Waals surface area contributed by atoms with E-state index in [0.717, 1.165) is 12.1 Å². The molecule has 18 heavy (non-hydrogen) atoms. The minimum atomic E-state index is -0.859. The Bertz CT molecular complexity index is 490. The van der Waals surface area contributed by atoms with Gasteiger partial charge in [-0.2, -0.15) is 4.39 Å². The Morgan fingerprint density at radius 3 is 2.67 bits per heavy atom. The first kappa shape index (κ1) is 12.8. The van der Waals surface area contributed by atoms with Crippen LogP contribution in [0.2, 0.25) is 0 Å². The highest BCUT2D eigenvalue weighted by Gasteiger charge is 2.47. The maximum absolute atomic E-state index is 13.4. The molecule has 5 nitrogen and oxygen atoms in total. The zero-order valence-electron chi connectivity index (χ0n) is 10.2. The lowest BCUT2D eigenvalue weighted by Crippen LogP contribution is -2.56. The van der Waals surface area contributed by atoms with E-state index in [1.807, 2.05) is 13.8 Å². The number of rotatable bonds is 3. The summed E-state index contributed by atoms with van der Waals surface area (Å²) in [5, 5.41) is 23.2. The number of hydrogen-bond donors (Lipinski definition) is 2. The van der Waals surface area contributed by atoms with Gasteiger partial charge in [-0.1, -0.05) is 13.8 Å². The Labute approximate surface area is 104 Å². The molecule has 2 rings (SSSR count). The van der Waals surface area contributed by atoms with Gasteiger partial charge in [0, 0.05) is 29.3 Å². The number of aliphatic hydroxyl groups excluding tert-OH is 1. The standard InChI is InChI=1S/C12H15FN2O3/c1-12(2)10(6-11(12)16)14-7-3-4-9(15(17)18)8(13)5-7/h3-5,10-11,14,16H,6H2,1-2H3. The van der Waals surface area contributed by atoms with Crippen molar-refractivity contribution in [3.8, 4) is 0 Å². The summed E-state index contributed by atoms with van der Waals surface area (Å²) < 4.78 is 13.4. The Balaban J connectivity index is 2.12. The molecule has 1 aliphatic rings. The maximum atomic E-state index is 13.4. The Hall–Kier alpha value is -1.69. The highest BCUT2D eigenvalue weighted by atomic mass is 19.1. The molecule has 0 bridgehead atoms. The van der Waals surface area contributed by atoms with Gasteiger partial charge < -0.3 is 10.4 Å². The maximum Gasteiger partial charge on any atom is 0.304 e. The molecule has 0 aromatic heterocycles. The van der Waals surface area contributed by atoms with Crippen molar-refractivity contribution in [3.05, 3.63) is 34.1 Å². The highest BCUT2D eigenvalue weighted by Crippen LogP contribution is 2.42. The van der Waals surface area contributed by atoms with Crippen molar-refractivity contribution in [2.45, 2.75) is 32.4 Å². The number of anilines is 1. The Morgan fingerprint density at radius 2 is 2.22 bits per heavy atom. The number of aliphatic hydroxyl groups is 1. The lowest BCUT2D eigenvalue weighted by atomic mass is 9.64. The predicted molar refractivity (Wildman–Crippen MR) is 64.9 cm³/mol. The van der Waals surface area contributed by atoms with Gasteiger partial charge in [-0.05, 0) is 12.5 Å². The average Bonchev–Trinajstić information content (AvgIpc) is 2.28. The summed E-state index contributed by atoms with van der Waals surface area (Å²) in [6.45, 7) is 3.83. The number of nitrogens with one attached hydrogen (secondary N) is 1. The van der Waals surface area contributed by atoms with E-state index >= 15 is 0 Å². The molecular weight excluding hydrogens is 239 g/mol. The number of nitro groups is 1. The second-order valence-corrected chi connectivity index (χ2v) is 5.19. The van der Waals surface area contributed by atoms with E-state index in [1.165, 1.54) is 6.07 Å². The monoisotopic (exact) mass is 254 g/mol. The van der Waals surface area contributed by atoms with E-state index in [4.69, 9.17) is 0 Å². The van der Waals surface area contributed by atoms with Crippen molar-refractivity contribution in [2.75, 3.05) is 5.32 Å². The summed E-state index contributed by atoms with van der Waals surface area (Å²) >= 11 is 0. The fraction of sp³-hybridized carbons (Fsp3) is 0.500. The van der Waals surface area contributed by atoms with Crippen LogP contribution in [0.25, 0.3) is 0 Å². The van der Waals surface area contributed by atoms with Crippen LogP contribution in [0.3, 0.4) is 0 Å². The molecule has 0 heterocycles. The zero-order valence-corrected chi connectivity index (χ0v) is 10.2. The molecule has 0 radical (unpaired) electrons. The van der Waals surface area contributed by atoms with Gasteiger partial charge >= 0.3 is 5.69 Å². The van der Waals surface area contributed by atoms with Gasteiger partial charge in [0.2, 0.25) is 5.82 Å². The third kappa shape index (κ3) is 2.03. The largest absolute Gasteiger partial charge is 0.392 e. The van der Waals surface area contributed by atoms with Crippen molar-refractivity contribution in [2.24, 2.45) is 5.41 Å². The van der Waals surface area contributed by atoms with Gasteiger partial charge in [0.15, 0.2) is 0 Å². The van der Waals surface area contributed by atoms with Crippen molar-refractivity contribution in [1.82, 2.24) is 0 Å². The van der Waals surface area contributed by atoms with Gasteiger partial charge in [-0.15, -0.1) is 0 Å². The smallest absolute Gasteiger partial charge is 0.304 e. The fourth-order valence-electron chi connectivity index (χ4n) is 2.09. The molecule has 0 spiro atoms. The zero-order chi connectivity index (χ0) is 13.5. The van der Waals surface area contributed by atoms with Gasteiger partial charge in [0.25, 0.3) is 0 Å². The molecule has 1 aromatic rings. The van der Waals surface area contributed by atoms with Gasteiger partial charge in [-0.25, -0.2) is 0 Å². The van der Waals surface area contributed by atoms with Crippen LogP contribution in [0, 0.1) is 21.3 Å². The molecule has 0 saturated heterocycles. The first-order valence-electron chi connectivity index (χ1n) is 5.71. The molecule has 0 amide bonds. The Morgan fingerprint density at radius 1 is 1.56 bits per heavy atom. The van der Waals surface area contributed by atoms with Crippen LogP contribution in [-0.4, -0.2) is 22.2 Å². The molecule has 2 unspecified atom stereocenters. The summed E-state index contributed by atoms with van der Waals surface area (Å²) in [6, 6.07) is 3.76. The molecule has 1 aliphatic carbocycles. The third-order valence-corrected chi connectivity index (χ3v) is 3.70. The van der Waals surface area contributed by atoms with Gasteiger partial charge in [0.1, 0.15) is 0 Å². The molecule has 2 N–H and O–H groups in total. The lowest BCUT2D eigenvalue weighted by Gasteiger charge is -2.49. The van der Waals surface area contributed by atoms with E-state index in [-0.39, 0.29) is 17.6 Å². The van der Waals surface area contributed by atoms with Crippen LogP contribution < -0.4 is 5.32 Å². The number of hydrogen-bond acceptors (Lipinski definition) is 4. The first-order valence-corrected chi connectivity index (χ1v) is 5.71. The van der Waals surface area contributed by atoms with Gasteiger partial charge in [0.05, 0.1) is 11.0 Å². The number of nitrogens with zero attached hydrogens (tertiary/aromatic N) is 1. The average molecular weight is 254 g/mol. The van der Waals surface area contributed by atoms with Crippen LogP contribution >= 0.6 is 0 Å². The minimum Gasteiger partial charge on any atom is -0.392 e. The molecule has 98 valence electrons. The predicted octanol–water partition coefficient (Wildman–Crippen LogP) is 2.31. The van der Waals surface area contributed by atoms with Crippen LogP contribution in [0.4, 0.5) is 15.8 Å². The SMILES string of the molecule is CC1(C)C(O)CC1Nc1ccc([N+](=O)[O-])c(F)c1. The Kier molecular flexibility index (Phi) is 2.98. The molecule has 2 atom stereocenters. The normalized spacial score (nSPS) is 25.3. The van der Waals surface area contributed by atoms with E-state index < -0.39 is 16.4 Å². The second-order valence-electron chi connectivity index (χ2n) is 5.19. The summed E-state index contributed by atoms with van der Waals surface area (Å²) in [6.07, 6.45) is 0.212. The number of halogens is 1. The fourth-order valence-corrected chi connectivity index (χ4v) is 2.09. The van der Waals surface area contributed by atoms with Crippen LogP contribution in [0.15, 0.2) is 18.2 Å². The van der Waals surface area contributed by atoms with Crippen molar-refractivity contribution >= 4 is 11.4 Å². The van der Waals surface area contributed by atoms with E-state index in [0.29, 0.717) is 12.1 Å². The van der Waals surface area contributed by atoms with E-state index in [9.17, 15) is 19.6 Å². The van der Waals surface area contributed by atoms with Crippen LogP contribution in [-0.2, 0) is 0 Å². The van der Waals surface area contributed by atoms with Crippen molar-refractivity contribution in [3.63, 3.8) is 0 Å². The molecule has 1 saturated carbocycles. The molecule has 1 fully saturated rings. The van der Waals surface area contributed by atoms with Crippen molar-refractivity contribution in [1.29, 1.82) is 0 Å². The summed E-state index contributed by atoms with van der Waals surface area (Å²) in [7, 11) is 0. The highest BCUT2D eigenvalue weighted by molar-refractivity contribution is 5.51. The summed E-state index contributed by atoms with van der Waals surface area (Å²) in [5.74, 6) is -0.859. The van der Waals surface area contributed by atoms with E-state index in [2.05, 4.69) is 5.32 Å². The second kappa shape index (κ2) is 4.20. The molecule has 6 heteroatoms. The molecular formula is C12H15FN2O3. The molecule has 1 aromatic carbocycles. The van der Waals surface area contributed by atoms with E-state index in [1.54, 1.807) is 0 Å². The third-order valence-electron chi connectivity index (χ3n) is 3.70. The van der Waals surface area contributed by atoms with Crippen LogP contribution in [0.5, 0.6) is 0 Å². The van der Waals surface area contributed by atoms with Gasteiger partial charge in [-0.3, -0.25) is 10.1 Å². The molecule has 0 aliphatic heterocycles. The number of benzene rings is 1. The first-order chi connectivity index (χ1) is 8.32. The summed E-state index contributed by atoms with van der Waals surface area (Å²) in [4.78, 5) is 9.73. The summed E-state index contributed by atoms with van der Waals surface area (Å²) in [5.41, 5.74) is -0.324. The van der Waals surface area contributed by atoms with Crippen molar-refractivity contribution < 1.29 is 14.4 Å². The number of nitro benzene ring substituents is 1. The van der Waals surface area contributed by atoms with Crippen LogP contribution in [0.1, 0.15) is 20.3 Å². The topological polar surface area (TPSA) is 75.4 Å². The quantitative estimate of drug-likeness (QED) is 0.641.